The molecule has 1 aromatic heterocycles. The Hall–Kier alpha value is -0.870. The molecule has 0 amide bonds. The largest absolute Gasteiger partial charge is 0.364 e. The monoisotopic (exact) mass is 156 g/mol. The minimum atomic E-state index is 0.330. The van der Waals surface area contributed by atoms with Gasteiger partial charge >= 0.3 is 0 Å². The molecular formula is C6H9N2OP. The van der Waals surface area contributed by atoms with Gasteiger partial charge in [0.05, 0.1) is 18.2 Å². The third-order valence-electron chi connectivity index (χ3n) is 0.751. The van der Waals surface area contributed by atoms with Crippen LogP contribution in [0.5, 0.6) is 0 Å². The summed E-state index contributed by atoms with van der Waals surface area (Å²) in [4.78, 5) is 0. The van der Waals surface area contributed by atoms with Crippen LogP contribution in [0.3, 0.4) is 0 Å². The van der Waals surface area contributed by atoms with E-state index in [1.807, 2.05) is 12.7 Å². The van der Waals surface area contributed by atoms with E-state index in [1.54, 1.807) is 6.07 Å². The SMILES string of the molecule is CP.N#CCc1ccon1. The molecule has 0 N–H and O–H groups in total. The van der Waals surface area contributed by atoms with Crippen molar-refractivity contribution in [2.75, 3.05) is 6.66 Å². The Bertz CT molecular complexity index is 190. The highest BCUT2D eigenvalue weighted by Crippen LogP contribution is 1.92. The van der Waals surface area contributed by atoms with Gasteiger partial charge in [-0.2, -0.15) is 5.26 Å². The molecule has 10 heavy (non-hydrogen) atoms. The quantitative estimate of drug-likeness (QED) is 0.574. The van der Waals surface area contributed by atoms with E-state index in [4.69, 9.17) is 5.26 Å². The van der Waals surface area contributed by atoms with Crippen molar-refractivity contribution in [3.63, 3.8) is 0 Å². The van der Waals surface area contributed by atoms with Gasteiger partial charge in [0.2, 0.25) is 0 Å². The van der Waals surface area contributed by atoms with Gasteiger partial charge in [-0.05, 0) is 0 Å². The summed E-state index contributed by atoms with van der Waals surface area (Å²) in [5.74, 6) is 0. The maximum Gasteiger partial charge on any atom is 0.124 e. The molecule has 1 heterocycles. The molecule has 0 radical (unpaired) electrons. The normalized spacial score (nSPS) is 7.30. The summed E-state index contributed by atoms with van der Waals surface area (Å²) in [5, 5.41) is 11.6. The molecular weight excluding hydrogens is 147 g/mol. The van der Waals surface area contributed by atoms with Gasteiger partial charge in [-0.25, -0.2) is 0 Å². The summed E-state index contributed by atoms with van der Waals surface area (Å²) in [5.41, 5.74) is 0.688. The van der Waals surface area contributed by atoms with Gasteiger partial charge in [-0.1, -0.05) is 11.8 Å². The molecule has 1 unspecified atom stereocenters. The molecule has 1 rings (SSSR count). The van der Waals surface area contributed by atoms with Gasteiger partial charge in [-0.3, -0.25) is 0 Å². The minimum absolute atomic E-state index is 0.330. The van der Waals surface area contributed by atoms with Crippen molar-refractivity contribution >= 4 is 9.24 Å². The third-order valence-corrected chi connectivity index (χ3v) is 0.751. The van der Waals surface area contributed by atoms with Crippen molar-refractivity contribution < 1.29 is 4.52 Å². The Kier molecular flexibility index (Phi) is 5.71. The molecule has 0 aliphatic heterocycles. The van der Waals surface area contributed by atoms with Crippen molar-refractivity contribution in [3.8, 4) is 6.07 Å². The Morgan fingerprint density at radius 3 is 2.90 bits per heavy atom. The number of hydrogen-bond donors (Lipinski definition) is 0. The molecule has 0 spiro atoms. The third kappa shape index (κ3) is 3.21. The maximum absolute atomic E-state index is 8.11. The molecule has 1 atom stereocenters. The van der Waals surface area contributed by atoms with Gasteiger partial charge < -0.3 is 4.52 Å². The fourth-order valence-electron chi connectivity index (χ4n) is 0.410. The molecule has 0 aromatic carbocycles. The zero-order valence-electron chi connectivity index (χ0n) is 5.74. The highest BCUT2D eigenvalue weighted by molar-refractivity contribution is 7.15. The smallest absolute Gasteiger partial charge is 0.124 e. The maximum atomic E-state index is 8.11. The average Bonchev–Trinajstić information content (AvgIpc) is 2.46. The van der Waals surface area contributed by atoms with Crippen molar-refractivity contribution in [1.82, 2.24) is 5.16 Å². The number of nitriles is 1. The number of hydrogen-bond acceptors (Lipinski definition) is 3. The van der Waals surface area contributed by atoms with E-state index in [9.17, 15) is 0 Å². The first-order chi connectivity index (χ1) is 4.93. The summed E-state index contributed by atoms with van der Waals surface area (Å²) in [6, 6.07) is 3.62. The van der Waals surface area contributed by atoms with Gasteiger partial charge in [0.25, 0.3) is 0 Å². The molecule has 1 aromatic rings. The van der Waals surface area contributed by atoms with Gasteiger partial charge in [0.15, 0.2) is 0 Å². The van der Waals surface area contributed by atoms with Gasteiger partial charge in [0.1, 0.15) is 6.26 Å². The molecule has 3 nitrogen and oxygen atoms in total. The Morgan fingerprint density at radius 2 is 2.50 bits per heavy atom. The first kappa shape index (κ1) is 9.13. The predicted octanol–water partition coefficient (Wildman–Crippen LogP) is 1.23. The van der Waals surface area contributed by atoms with Crippen molar-refractivity contribution in [1.29, 1.82) is 5.26 Å². The summed E-state index contributed by atoms with van der Waals surface area (Å²) in [7, 11) is 2.42. The fraction of sp³-hybridized carbons (Fsp3) is 0.333. The van der Waals surface area contributed by atoms with Crippen molar-refractivity contribution in [2.24, 2.45) is 0 Å². The van der Waals surface area contributed by atoms with E-state index in [-0.39, 0.29) is 0 Å². The van der Waals surface area contributed by atoms with Crippen LogP contribution in [0.25, 0.3) is 0 Å². The second-order valence-corrected chi connectivity index (χ2v) is 1.33. The summed E-state index contributed by atoms with van der Waals surface area (Å²) in [6.07, 6.45) is 1.78. The second-order valence-electron chi connectivity index (χ2n) is 1.33. The topological polar surface area (TPSA) is 49.8 Å². The Labute approximate surface area is 62.2 Å². The predicted molar refractivity (Wildman–Crippen MR) is 41.5 cm³/mol. The van der Waals surface area contributed by atoms with E-state index in [0.29, 0.717) is 12.1 Å². The molecule has 0 fully saturated rings. The van der Waals surface area contributed by atoms with Crippen LogP contribution in [0.15, 0.2) is 16.9 Å². The first-order valence-corrected chi connectivity index (χ1v) is 3.93. The average molecular weight is 156 g/mol. The van der Waals surface area contributed by atoms with Crippen molar-refractivity contribution in [2.45, 2.75) is 6.42 Å². The van der Waals surface area contributed by atoms with Crippen LogP contribution in [0.2, 0.25) is 0 Å². The van der Waals surface area contributed by atoms with Crippen LogP contribution in [-0.2, 0) is 6.42 Å². The van der Waals surface area contributed by atoms with E-state index in [1.165, 1.54) is 6.26 Å². The van der Waals surface area contributed by atoms with Crippen LogP contribution in [0.4, 0.5) is 0 Å². The minimum Gasteiger partial charge on any atom is -0.364 e. The van der Waals surface area contributed by atoms with E-state index < -0.39 is 0 Å². The van der Waals surface area contributed by atoms with Crippen molar-refractivity contribution in [3.05, 3.63) is 18.0 Å². The Balaban J connectivity index is 0.000000371. The van der Waals surface area contributed by atoms with Gasteiger partial charge in [0, 0.05) is 6.07 Å². The first-order valence-electron chi connectivity index (χ1n) is 2.77. The highest BCUT2D eigenvalue weighted by Gasteiger charge is 1.90. The van der Waals surface area contributed by atoms with E-state index in [2.05, 4.69) is 18.9 Å². The lowest BCUT2D eigenvalue weighted by atomic mass is 10.3. The standard InChI is InChI=1S/C5H4N2O.CH5P/c6-3-1-5-2-4-8-7-5;1-2/h2,4H,1H2;2H2,1H3. The fourth-order valence-corrected chi connectivity index (χ4v) is 0.410. The molecule has 0 aliphatic carbocycles. The van der Waals surface area contributed by atoms with Crippen LogP contribution < -0.4 is 0 Å². The lowest BCUT2D eigenvalue weighted by molar-refractivity contribution is 0.413. The van der Waals surface area contributed by atoms with Crippen LogP contribution in [0.1, 0.15) is 5.69 Å². The summed E-state index contributed by atoms with van der Waals surface area (Å²) < 4.78 is 4.47. The number of nitrogens with zero attached hydrogens (tertiary/aromatic N) is 2. The number of aromatic nitrogens is 1. The summed E-state index contributed by atoms with van der Waals surface area (Å²) >= 11 is 0. The molecule has 0 aliphatic rings. The zero-order chi connectivity index (χ0) is 7.82. The lowest BCUT2D eigenvalue weighted by Crippen LogP contribution is -1.76. The number of rotatable bonds is 1. The molecule has 0 saturated heterocycles. The second kappa shape index (κ2) is 6.25. The zero-order valence-corrected chi connectivity index (χ0v) is 6.90. The van der Waals surface area contributed by atoms with E-state index in [0.717, 1.165) is 0 Å². The molecule has 0 bridgehead atoms. The molecule has 54 valence electrons. The Morgan fingerprint density at radius 1 is 1.80 bits per heavy atom. The molecule has 4 heteroatoms. The highest BCUT2D eigenvalue weighted by atomic mass is 31.0. The van der Waals surface area contributed by atoms with E-state index >= 15 is 0 Å². The van der Waals surface area contributed by atoms with Crippen LogP contribution >= 0.6 is 9.24 Å². The van der Waals surface area contributed by atoms with Gasteiger partial charge in [-0.15, -0.1) is 9.24 Å². The summed E-state index contributed by atoms with van der Waals surface area (Å²) in [6.45, 7) is 1.92. The van der Waals surface area contributed by atoms with Crippen LogP contribution in [-0.4, -0.2) is 11.8 Å². The lowest BCUT2D eigenvalue weighted by Gasteiger charge is -1.72. The molecule has 0 saturated carbocycles. The van der Waals surface area contributed by atoms with Crippen LogP contribution in [0, 0.1) is 11.3 Å².